The summed E-state index contributed by atoms with van der Waals surface area (Å²) in [6.07, 6.45) is 2.24. The predicted molar refractivity (Wildman–Crippen MR) is 104 cm³/mol. The van der Waals surface area contributed by atoms with Gasteiger partial charge in [-0.05, 0) is 31.4 Å². The Morgan fingerprint density at radius 3 is 2.64 bits per heavy atom. The van der Waals surface area contributed by atoms with Crippen LogP contribution in [0.5, 0.6) is 0 Å². The van der Waals surface area contributed by atoms with Gasteiger partial charge in [-0.15, -0.1) is 5.01 Å². The lowest BCUT2D eigenvalue weighted by Crippen LogP contribution is -2.44. The fourth-order valence-electron chi connectivity index (χ4n) is 2.86. The van der Waals surface area contributed by atoms with Crippen molar-refractivity contribution >= 4 is 35.4 Å². The maximum atomic E-state index is 12.7. The molecule has 8 nitrogen and oxygen atoms in total. The number of nitro benzene ring substituents is 1. The number of carbonyl (C=O) groups excluding carboxylic acids is 2. The van der Waals surface area contributed by atoms with Crippen molar-refractivity contribution in [2.24, 2.45) is 5.10 Å². The lowest BCUT2D eigenvalue weighted by atomic mass is 9.93. The van der Waals surface area contributed by atoms with Crippen molar-refractivity contribution in [1.29, 1.82) is 0 Å². The number of nitrogens with one attached hydrogen (secondary N) is 1. The lowest BCUT2D eigenvalue weighted by Gasteiger charge is -2.20. The molecule has 1 N–H and O–H groups in total. The van der Waals surface area contributed by atoms with E-state index in [1.165, 1.54) is 24.4 Å². The van der Waals surface area contributed by atoms with Crippen LogP contribution in [0.25, 0.3) is 0 Å². The highest BCUT2D eigenvalue weighted by atomic mass is 35.5. The average Bonchev–Trinajstić information content (AvgIpc) is 2.89. The largest absolute Gasteiger partial charge is 0.346 e. The summed E-state index contributed by atoms with van der Waals surface area (Å²) in [7, 11) is 0. The molecule has 1 atom stereocenters. The molecule has 0 aliphatic carbocycles. The molecule has 1 heterocycles. The first-order valence-electron chi connectivity index (χ1n) is 8.49. The number of hydrazone groups is 1. The first-order valence-corrected chi connectivity index (χ1v) is 8.86. The summed E-state index contributed by atoms with van der Waals surface area (Å²) in [5.74, 6) is -0.479. The molecular formula is C19H17ClN4O4. The first kappa shape index (κ1) is 19.5. The van der Waals surface area contributed by atoms with Gasteiger partial charge in [0.25, 0.3) is 11.6 Å². The van der Waals surface area contributed by atoms with E-state index in [1.807, 2.05) is 30.3 Å². The molecule has 0 saturated carbocycles. The molecule has 2 aromatic rings. The van der Waals surface area contributed by atoms with Crippen LogP contribution in [0.4, 0.5) is 10.5 Å². The number of nitrogens with zero attached hydrogens (tertiary/aromatic N) is 3. The van der Waals surface area contributed by atoms with E-state index in [0.29, 0.717) is 18.4 Å². The van der Waals surface area contributed by atoms with Gasteiger partial charge in [0.2, 0.25) is 0 Å². The number of aryl methyl sites for hydroxylation is 1. The van der Waals surface area contributed by atoms with Gasteiger partial charge in [-0.3, -0.25) is 14.9 Å². The number of benzene rings is 2. The van der Waals surface area contributed by atoms with Crippen molar-refractivity contribution in [1.82, 2.24) is 10.3 Å². The topological polar surface area (TPSA) is 105 Å². The van der Waals surface area contributed by atoms with Gasteiger partial charge in [-0.25, -0.2) is 4.79 Å². The van der Waals surface area contributed by atoms with Crippen molar-refractivity contribution in [3.63, 3.8) is 0 Å². The number of nitro groups is 1. The van der Waals surface area contributed by atoms with E-state index in [-0.39, 0.29) is 10.7 Å². The van der Waals surface area contributed by atoms with Gasteiger partial charge in [-0.1, -0.05) is 48.0 Å². The Labute approximate surface area is 165 Å². The van der Waals surface area contributed by atoms with Crippen molar-refractivity contribution in [3.05, 3.63) is 74.8 Å². The van der Waals surface area contributed by atoms with E-state index < -0.39 is 22.4 Å². The SMILES string of the molecule is C[C@]1(CCc2ccccc2)NC(=O)N(/N=C\c2ccc(Cl)c([N+](=O)[O-])c2)C1=O. The zero-order chi connectivity index (χ0) is 20.3. The summed E-state index contributed by atoms with van der Waals surface area (Å²) < 4.78 is 0. The molecule has 1 aliphatic rings. The van der Waals surface area contributed by atoms with Crippen LogP contribution in [0.2, 0.25) is 5.02 Å². The Kier molecular flexibility index (Phi) is 5.41. The molecule has 1 aliphatic heterocycles. The smallest absolute Gasteiger partial charge is 0.322 e. The Morgan fingerprint density at radius 1 is 1.25 bits per heavy atom. The highest BCUT2D eigenvalue weighted by Crippen LogP contribution is 2.26. The van der Waals surface area contributed by atoms with E-state index in [4.69, 9.17) is 11.6 Å². The molecule has 1 fully saturated rings. The zero-order valence-corrected chi connectivity index (χ0v) is 15.7. The molecular weight excluding hydrogens is 384 g/mol. The molecule has 0 unspecified atom stereocenters. The van der Waals surface area contributed by atoms with Crippen LogP contribution < -0.4 is 5.32 Å². The molecule has 0 spiro atoms. The Balaban J connectivity index is 1.74. The molecule has 3 amide bonds. The second kappa shape index (κ2) is 7.77. The number of urea groups is 1. The minimum absolute atomic E-state index is 0.00868. The van der Waals surface area contributed by atoms with Gasteiger partial charge in [0.05, 0.1) is 11.1 Å². The maximum Gasteiger partial charge on any atom is 0.346 e. The Morgan fingerprint density at radius 2 is 1.96 bits per heavy atom. The van der Waals surface area contributed by atoms with Gasteiger partial charge in [0.1, 0.15) is 10.6 Å². The number of hydrogen-bond donors (Lipinski definition) is 1. The van der Waals surface area contributed by atoms with Crippen molar-refractivity contribution < 1.29 is 14.5 Å². The predicted octanol–water partition coefficient (Wildman–Crippen LogP) is 3.53. The summed E-state index contributed by atoms with van der Waals surface area (Å²) in [6, 6.07) is 13.1. The molecule has 2 aromatic carbocycles. The number of amides is 3. The number of imide groups is 1. The van der Waals surface area contributed by atoms with Crippen LogP contribution in [0.1, 0.15) is 24.5 Å². The van der Waals surface area contributed by atoms with Crippen LogP contribution in [0.3, 0.4) is 0 Å². The van der Waals surface area contributed by atoms with Gasteiger partial charge in [-0.2, -0.15) is 5.10 Å². The number of halogens is 1. The monoisotopic (exact) mass is 400 g/mol. The van der Waals surface area contributed by atoms with Crippen LogP contribution in [0.15, 0.2) is 53.6 Å². The van der Waals surface area contributed by atoms with E-state index in [0.717, 1.165) is 10.6 Å². The van der Waals surface area contributed by atoms with E-state index in [2.05, 4.69) is 10.4 Å². The Bertz CT molecular complexity index is 964. The van der Waals surface area contributed by atoms with Crippen LogP contribution in [-0.4, -0.2) is 33.6 Å². The Hall–Kier alpha value is -3.26. The fourth-order valence-corrected chi connectivity index (χ4v) is 3.04. The molecule has 144 valence electrons. The fraction of sp³-hybridized carbons (Fsp3) is 0.211. The molecule has 0 bridgehead atoms. The minimum Gasteiger partial charge on any atom is -0.322 e. The van der Waals surface area contributed by atoms with E-state index >= 15 is 0 Å². The summed E-state index contributed by atoms with van der Waals surface area (Å²) in [4.78, 5) is 35.3. The number of carbonyl (C=O) groups is 2. The van der Waals surface area contributed by atoms with Crippen LogP contribution in [-0.2, 0) is 11.2 Å². The molecule has 0 aromatic heterocycles. The molecule has 3 rings (SSSR count). The van der Waals surface area contributed by atoms with Gasteiger partial charge in [0, 0.05) is 11.6 Å². The first-order chi connectivity index (χ1) is 13.3. The quantitative estimate of drug-likeness (QED) is 0.346. The standard InChI is InChI=1S/C19H17ClN4O4/c1-19(10-9-13-5-3-2-4-6-13)17(25)23(18(26)22-19)21-12-14-7-8-15(20)16(11-14)24(27)28/h2-8,11-12H,9-10H2,1H3,(H,22,26)/b21-12-/t19-/m1/s1. The average molecular weight is 401 g/mol. The van der Waals surface area contributed by atoms with Crippen molar-refractivity contribution in [2.75, 3.05) is 0 Å². The zero-order valence-electron chi connectivity index (χ0n) is 15.0. The third-order valence-electron chi connectivity index (χ3n) is 4.49. The van der Waals surface area contributed by atoms with Gasteiger partial charge < -0.3 is 5.32 Å². The molecule has 1 saturated heterocycles. The highest BCUT2D eigenvalue weighted by molar-refractivity contribution is 6.32. The molecule has 0 radical (unpaired) electrons. The lowest BCUT2D eigenvalue weighted by molar-refractivity contribution is -0.384. The normalized spacial score (nSPS) is 19.3. The van der Waals surface area contributed by atoms with Gasteiger partial charge >= 0.3 is 6.03 Å². The summed E-state index contributed by atoms with van der Waals surface area (Å²) in [6.45, 7) is 1.65. The van der Waals surface area contributed by atoms with E-state index in [1.54, 1.807) is 6.92 Å². The van der Waals surface area contributed by atoms with Crippen LogP contribution >= 0.6 is 11.6 Å². The van der Waals surface area contributed by atoms with E-state index in [9.17, 15) is 19.7 Å². The summed E-state index contributed by atoms with van der Waals surface area (Å²) >= 11 is 5.77. The summed E-state index contributed by atoms with van der Waals surface area (Å²) in [5, 5.41) is 18.3. The van der Waals surface area contributed by atoms with Gasteiger partial charge in [0.15, 0.2) is 0 Å². The minimum atomic E-state index is -1.07. The van der Waals surface area contributed by atoms with Crippen LogP contribution in [0, 0.1) is 10.1 Å². The number of rotatable bonds is 6. The summed E-state index contributed by atoms with van der Waals surface area (Å²) in [5.41, 5.74) is 0.0438. The number of hydrogen-bond acceptors (Lipinski definition) is 5. The second-order valence-corrected chi connectivity index (χ2v) is 6.98. The molecule has 9 heteroatoms. The second-order valence-electron chi connectivity index (χ2n) is 6.58. The van der Waals surface area contributed by atoms with Crippen molar-refractivity contribution in [3.8, 4) is 0 Å². The van der Waals surface area contributed by atoms with Crippen molar-refractivity contribution in [2.45, 2.75) is 25.3 Å². The third-order valence-corrected chi connectivity index (χ3v) is 4.80. The molecule has 28 heavy (non-hydrogen) atoms. The third kappa shape index (κ3) is 4.01. The maximum absolute atomic E-state index is 12.7. The highest BCUT2D eigenvalue weighted by Gasteiger charge is 2.47.